The number of thioether (sulfide) groups is 1. The fourth-order valence-electron chi connectivity index (χ4n) is 1.58. The Bertz CT molecular complexity index is 701. The molecule has 0 aliphatic rings. The van der Waals surface area contributed by atoms with Crippen LogP contribution < -0.4 is 4.74 Å². The van der Waals surface area contributed by atoms with Crippen molar-refractivity contribution >= 4 is 17.7 Å². The minimum absolute atomic E-state index is 0.0944. The molecule has 0 radical (unpaired) electrons. The van der Waals surface area contributed by atoms with Crippen molar-refractivity contribution in [1.82, 2.24) is 10.2 Å². The monoisotopic (exact) mass is 332 g/mol. The van der Waals surface area contributed by atoms with Crippen molar-refractivity contribution in [3.63, 3.8) is 0 Å². The minimum Gasteiger partial charge on any atom is -0.494 e. The number of rotatable bonds is 6. The van der Waals surface area contributed by atoms with Gasteiger partial charge in [-0.1, -0.05) is 23.6 Å². The van der Waals surface area contributed by atoms with E-state index in [9.17, 15) is 4.79 Å². The van der Waals surface area contributed by atoms with E-state index in [1.165, 1.54) is 18.7 Å². The van der Waals surface area contributed by atoms with Crippen LogP contribution in [0.5, 0.6) is 5.75 Å². The molecule has 6 nitrogen and oxygen atoms in total. The molecule has 0 bridgehead atoms. The molecule has 0 aliphatic heterocycles. The first-order valence-electron chi connectivity index (χ1n) is 6.97. The number of benzene rings is 1. The lowest BCUT2D eigenvalue weighted by Gasteiger charge is -2.02. The van der Waals surface area contributed by atoms with Crippen LogP contribution in [0.1, 0.15) is 13.8 Å². The van der Waals surface area contributed by atoms with Crippen LogP contribution in [-0.4, -0.2) is 35.1 Å². The summed E-state index contributed by atoms with van der Waals surface area (Å²) < 4.78 is 15.6. The molecule has 23 heavy (non-hydrogen) atoms. The van der Waals surface area contributed by atoms with Gasteiger partial charge in [-0.15, -0.1) is 10.2 Å². The Hall–Kier alpha value is -2.46. The summed E-state index contributed by atoms with van der Waals surface area (Å²) in [6.45, 7) is 4.00. The zero-order valence-electron chi connectivity index (χ0n) is 12.9. The van der Waals surface area contributed by atoms with Crippen molar-refractivity contribution in [2.75, 3.05) is 19.0 Å². The zero-order valence-corrected chi connectivity index (χ0v) is 13.7. The van der Waals surface area contributed by atoms with Gasteiger partial charge in [-0.2, -0.15) is 0 Å². The average molecular weight is 332 g/mol. The highest BCUT2D eigenvalue weighted by molar-refractivity contribution is 7.99. The van der Waals surface area contributed by atoms with Crippen LogP contribution >= 0.6 is 11.8 Å². The van der Waals surface area contributed by atoms with Crippen LogP contribution in [0.3, 0.4) is 0 Å². The number of carbonyl (C=O) groups is 1. The molecule has 0 unspecified atom stereocenters. The summed E-state index contributed by atoms with van der Waals surface area (Å²) in [7, 11) is 0. The van der Waals surface area contributed by atoms with Crippen molar-refractivity contribution in [2.45, 2.75) is 19.1 Å². The van der Waals surface area contributed by atoms with Gasteiger partial charge in [-0.25, -0.2) is 0 Å². The number of hydrogen-bond acceptors (Lipinski definition) is 7. The van der Waals surface area contributed by atoms with Gasteiger partial charge in [0.25, 0.3) is 5.22 Å². The lowest BCUT2D eigenvalue weighted by molar-refractivity contribution is -0.139. The third-order valence-electron chi connectivity index (χ3n) is 2.56. The van der Waals surface area contributed by atoms with Crippen LogP contribution in [0, 0.1) is 11.8 Å². The molecule has 1 aromatic carbocycles. The summed E-state index contributed by atoms with van der Waals surface area (Å²) in [4.78, 5) is 10.6. The Morgan fingerprint density at radius 1 is 1.26 bits per heavy atom. The Morgan fingerprint density at radius 2 is 2.04 bits per heavy atom. The van der Waals surface area contributed by atoms with Crippen LogP contribution in [0.25, 0.3) is 11.5 Å². The second kappa shape index (κ2) is 8.86. The standard InChI is InChI=1S/C16H16N2O4S/c1-3-20-14-8-6-13(7-9-14)15-17-18-16(22-15)23-11-5-4-10-21-12(2)19/h6-9H,3,10-11H2,1-2H3. The summed E-state index contributed by atoms with van der Waals surface area (Å²) in [5.74, 6) is 6.96. The number of nitrogens with zero attached hydrogens (tertiary/aromatic N) is 2. The van der Waals surface area contributed by atoms with E-state index in [2.05, 4.69) is 22.0 Å². The average Bonchev–Trinajstić information content (AvgIpc) is 3.00. The second-order valence-electron chi connectivity index (χ2n) is 4.25. The highest BCUT2D eigenvalue weighted by Crippen LogP contribution is 2.24. The number of hydrogen-bond donors (Lipinski definition) is 0. The maximum absolute atomic E-state index is 10.6. The lowest BCUT2D eigenvalue weighted by atomic mass is 10.2. The van der Waals surface area contributed by atoms with Gasteiger partial charge in [-0.05, 0) is 31.2 Å². The van der Waals surface area contributed by atoms with Gasteiger partial charge in [0, 0.05) is 12.5 Å². The third kappa shape index (κ3) is 5.68. The van der Waals surface area contributed by atoms with Gasteiger partial charge in [-0.3, -0.25) is 4.79 Å². The fraction of sp³-hybridized carbons (Fsp3) is 0.312. The number of esters is 1. The first kappa shape index (κ1) is 16.9. The molecule has 1 aromatic heterocycles. The molecule has 0 spiro atoms. The zero-order chi connectivity index (χ0) is 16.5. The summed E-state index contributed by atoms with van der Waals surface area (Å²) in [5.41, 5.74) is 0.828. The van der Waals surface area contributed by atoms with Gasteiger partial charge >= 0.3 is 5.97 Å². The Labute approximate surface area is 138 Å². The van der Waals surface area contributed by atoms with E-state index >= 15 is 0 Å². The molecule has 0 saturated carbocycles. The number of carbonyl (C=O) groups excluding carboxylic acids is 1. The van der Waals surface area contributed by atoms with Gasteiger partial charge in [0.1, 0.15) is 5.75 Å². The largest absolute Gasteiger partial charge is 0.494 e. The Morgan fingerprint density at radius 3 is 2.74 bits per heavy atom. The van der Waals surface area contributed by atoms with Gasteiger partial charge in [0.05, 0.1) is 12.4 Å². The highest BCUT2D eigenvalue weighted by atomic mass is 32.2. The van der Waals surface area contributed by atoms with Gasteiger partial charge in [0.2, 0.25) is 5.89 Å². The smallest absolute Gasteiger partial charge is 0.303 e. The van der Waals surface area contributed by atoms with Crippen molar-refractivity contribution < 1.29 is 18.7 Å². The highest BCUT2D eigenvalue weighted by Gasteiger charge is 2.08. The minimum atomic E-state index is -0.344. The summed E-state index contributed by atoms with van der Waals surface area (Å²) in [5, 5.41) is 8.40. The fourth-order valence-corrected chi connectivity index (χ4v) is 2.12. The molecule has 0 N–H and O–H groups in total. The number of ether oxygens (including phenoxy) is 2. The molecule has 2 aromatic rings. The molecule has 7 heteroatoms. The first-order chi connectivity index (χ1) is 11.2. The lowest BCUT2D eigenvalue weighted by Crippen LogP contribution is -1.97. The molecule has 120 valence electrons. The SMILES string of the molecule is CCOc1ccc(-c2nnc(SCC#CCOC(C)=O)o2)cc1. The molecular weight excluding hydrogens is 316 g/mol. The predicted octanol–water partition coefficient (Wildman–Crippen LogP) is 2.79. The van der Waals surface area contributed by atoms with Gasteiger partial charge in [0.15, 0.2) is 6.61 Å². The van der Waals surface area contributed by atoms with E-state index in [0.29, 0.717) is 23.5 Å². The molecular formula is C16H16N2O4S. The van der Waals surface area contributed by atoms with Crippen molar-refractivity contribution in [1.29, 1.82) is 0 Å². The van der Waals surface area contributed by atoms with Crippen LogP contribution in [0.2, 0.25) is 0 Å². The molecule has 0 aliphatic carbocycles. The van der Waals surface area contributed by atoms with Crippen molar-refractivity contribution in [3.05, 3.63) is 24.3 Å². The van der Waals surface area contributed by atoms with Crippen LogP contribution in [-0.2, 0) is 9.53 Å². The second-order valence-corrected chi connectivity index (χ2v) is 5.18. The summed E-state index contributed by atoms with van der Waals surface area (Å²) >= 11 is 1.33. The predicted molar refractivity (Wildman–Crippen MR) is 86.0 cm³/mol. The quantitative estimate of drug-likeness (QED) is 0.457. The van der Waals surface area contributed by atoms with E-state index in [1.54, 1.807) is 0 Å². The molecule has 1 heterocycles. The maximum Gasteiger partial charge on any atom is 0.303 e. The summed E-state index contributed by atoms with van der Waals surface area (Å²) in [6, 6.07) is 7.45. The third-order valence-corrected chi connectivity index (χ3v) is 3.26. The van der Waals surface area contributed by atoms with E-state index in [0.717, 1.165) is 11.3 Å². The maximum atomic E-state index is 10.6. The molecule has 0 fully saturated rings. The molecule has 0 saturated heterocycles. The van der Waals surface area contributed by atoms with E-state index in [-0.39, 0.29) is 12.6 Å². The van der Waals surface area contributed by atoms with Crippen LogP contribution in [0.15, 0.2) is 33.9 Å². The molecule has 0 atom stereocenters. The van der Waals surface area contributed by atoms with E-state index < -0.39 is 0 Å². The summed E-state index contributed by atoms with van der Waals surface area (Å²) in [6.07, 6.45) is 0. The Kier molecular flexibility index (Phi) is 6.51. The van der Waals surface area contributed by atoms with Crippen molar-refractivity contribution in [2.24, 2.45) is 0 Å². The normalized spacial score (nSPS) is 9.83. The topological polar surface area (TPSA) is 74.5 Å². The van der Waals surface area contributed by atoms with Crippen molar-refractivity contribution in [3.8, 4) is 29.0 Å². The number of aromatic nitrogens is 2. The first-order valence-corrected chi connectivity index (χ1v) is 7.96. The molecule has 2 rings (SSSR count). The molecule has 0 amide bonds. The van der Waals surface area contributed by atoms with E-state index in [4.69, 9.17) is 13.9 Å². The van der Waals surface area contributed by atoms with Gasteiger partial charge < -0.3 is 13.9 Å². The van der Waals surface area contributed by atoms with Crippen LogP contribution in [0.4, 0.5) is 0 Å². The Balaban J connectivity index is 1.86. The van der Waals surface area contributed by atoms with E-state index in [1.807, 2.05) is 31.2 Å².